The van der Waals surface area contributed by atoms with Gasteiger partial charge < -0.3 is 14.2 Å². The first kappa shape index (κ1) is 12.3. The molecule has 0 unspecified atom stereocenters. The van der Waals surface area contributed by atoms with E-state index in [4.69, 9.17) is 9.26 Å². The Balaban J connectivity index is 1.77. The number of halogens is 1. The molecule has 0 aliphatic heterocycles. The number of ether oxygens (including phenoxy) is 1. The number of aromatic nitrogens is 3. The van der Waals surface area contributed by atoms with E-state index in [-0.39, 0.29) is 18.1 Å². The van der Waals surface area contributed by atoms with Gasteiger partial charge in [0.2, 0.25) is 11.7 Å². The lowest BCUT2D eigenvalue weighted by molar-refractivity contribution is 0.0454. The lowest BCUT2D eigenvalue weighted by atomic mass is 10.2. The predicted octanol–water partition coefficient (Wildman–Crippen LogP) is 2.36. The van der Waals surface area contributed by atoms with Crippen molar-refractivity contribution in [3.63, 3.8) is 0 Å². The third-order valence-corrected chi connectivity index (χ3v) is 2.73. The number of rotatable bonds is 3. The SMILES string of the molecule is Cc1nc(COC(=O)c2cc3c(F)cccc3[nH]2)no1. The quantitative estimate of drug-likeness (QED) is 0.742. The van der Waals surface area contributed by atoms with Gasteiger partial charge >= 0.3 is 5.97 Å². The monoisotopic (exact) mass is 275 g/mol. The van der Waals surface area contributed by atoms with Gasteiger partial charge in [0.1, 0.15) is 11.5 Å². The molecule has 6 nitrogen and oxygen atoms in total. The van der Waals surface area contributed by atoms with Gasteiger partial charge in [0.15, 0.2) is 6.61 Å². The second-order valence-electron chi connectivity index (χ2n) is 4.19. The number of hydrogen-bond acceptors (Lipinski definition) is 5. The second-order valence-corrected chi connectivity index (χ2v) is 4.19. The van der Waals surface area contributed by atoms with E-state index in [9.17, 15) is 9.18 Å². The molecule has 0 saturated heterocycles. The molecule has 3 rings (SSSR count). The maximum absolute atomic E-state index is 13.5. The van der Waals surface area contributed by atoms with Crippen molar-refractivity contribution in [3.05, 3.63) is 47.5 Å². The highest BCUT2D eigenvalue weighted by molar-refractivity contribution is 5.94. The van der Waals surface area contributed by atoms with Crippen LogP contribution in [0.4, 0.5) is 4.39 Å². The van der Waals surface area contributed by atoms with E-state index in [2.05, 4.69) is 15.1 Å². The number of H-pyrrole nitrogens is 1. The van der Waals surface area contributed by atoms with Gasteiger partial charge in [0, 0.05) is 17.8 Å². The maximum Gasteiger partial charge on any atom is 0.355 e. The molecule has 0 fully saturated rings. The van der Waals surface area contributed by atoms with Crippen molar-refractivity contribution < 1.29 is 18.4 Å². The largest absolute Gasteiger partial charge is 0.453 e. The molecule has 2 aromatic heterocycles. The summed E-state index contributed by atoms with van der Waals surface area (Å²) in [7, 11) is 0. The number of carbonyl (C=O) groups excluding carboxylic acids is 1. The number of nitrogens with one attached hydrogen (secondary N) is 1. The number of esters is 1. The standard InChI is InChI=1S/C13H10FN3O3/c1-7-15-12(17-20-7)6-19-13(18)11-5-8-9(14)3-2-4-10(8)16-11/h2-5,16H,6H2,1H3. The topological polar surface area (TPSA) is 81.0 Å². The Kier molecular flexibility index (Phi) is 2.94. The van der Waals surface area contributed by atoms with Gasteiger partial charge in [-0.3, -0.25) is 0 Å². The van der Waals surface area contributed by atoms with Crippen LogP contribution in [0.3, 0.4) is 0 Å². The molecular weight excluding hydrogens is 265 g/mol. The summed E-state index contributed by atoms with van der Waals surface area (Å²) in [6.07, 6.45) is 0. The molecular formula is C13H10FN3O3. The molecule has 0 spiro atoms. The summed E-state index contributed by atoms with van der Waals surface area (Å²) in [5.41, 5.74) is 0.706. The van der Waals surface area contributed by atoms with Crippen LogP contribution in [0.5, 0.6) is 0 Å². The van der Waals surface area contributed by atoms with E-state index < -0.39 is 11.8 Å². The highest BCUT2D eigenvalue weighted by Crippen LogP contribution is 2.19. The molecule has 0 bridgehead atoms. The summed E-state index contributed by atoms with van der Waals surface area (Å²) in [6.45, 7) is 1.53. The van der Waals surface area contributed by atoms with Gasteiger partial charge in [-0.05, 0) is 18.2 Å². The number of aromatic amines is 1. The van der Waals surface area contributed by atoms with Crippen molar-refractivity contribution in [2.45, 2.75) is 13.5 Å². The van der Waals surface area contributed by atoms with Crippen LogP contribution in [0.1, 0.15) is 22.2 Å². The van der Waals surface area contributed by atoms with E-state index in [1.54, 1.807) is 19.1 Å². The molecule has 0 radical (unpaired) electrons. The van der Waals surface area contributed by atoms with Crippen molar-refractivity contribution in [1.29, 1.82) is 0 Å². The maximum atomic E-state index is 13.5. The molecule has 2 heterocycles. The fourth-order valence-corrected chi connectivity index (χ4v) is 1.84. The van der Waals surface area contributed by atoms with Crippen LogP contribution in [-0.2, 0) is 11.3 Å². The highest BCUT2D eigenvalue weighted by Gasteiger charge is 2.14. The fraction of sp³-hybridized carbons (Fsp3) is 0.154. The molecule has 0 saturated carbocycles. The Morgan fingerprint density at radius 3 is 3.05 bits per heavy atom. The minimum Gasteiger partial charge on any atom is -0.453 e. The molecule has 0 amide bonds. The molecule has 0 atom stereocenters. The van der Waals surface area contributed by atoms with E-state index in [1.165, 1.54) is 12.1 Å². The molecule has 3 aromatic rings. The summed E-state index contributed by atoms with van der Waals surface area (Å²) >= 11 is 0. The second kappa shape index (κ2) is 4.76. The van der Waals surface area contributed by atoms with Gasteiger partial charge in [-0.15, -0.1) is 0 Å². The van der Waals surface area contributed by atoms with E-state index in [0.29, 0.717) is 16.8 Å². The number of benzene rings is 1. The predicted molar refractivity (Wildman–Crippen MR) is 66.4 cm³/mol. The molecule has 7 heteroatoms. The van der Waals surface area contributed by atoms with Crippen molar-refractivity contribution in [2.24, 2.45) is 0 Å². The molecule has 0 aliphatic rings. The molecule has 1 aromatic carbocycles. The van der Waals surface area contributed by atoms with Crippen LogP contribution >= 0.6 is 0 Å². The zero-order valence-electron chi connectivity index (χ0n) is 10.5. The molecule has 20 heavy (non-hydrogen) atoms. The molecule has 1 N–H and O–H groups in total. The summed E-state index contributed by atoms with van der Waals surface area (Å²) < 4.78 is 23.3. The van der Waals surface area contributed by atoms with Gasteiger partial charge in [-0.2, -0.15) is 4.98 Å². The Hall–Kier alpha value is -2.70. The van der Waals surface area contributed by atoms with Crippen molar-refractivity contribution in [1.82, 2.24) is 15.1 Å². The minimum absolute atomic E-state index is 0.103. The smallest absolute Gasteiger partial charge is 0.355 e. The number of nitrogens with zero attached hydrogens (tertiary/aromatic N) is 2. The lowest BCUT2D eigenvalue weighted by Gasteiger charge is -1.98. The molecule has 102 valence electrons. The first-order valence-electron chi connectivity index (χ1n) is 5.87. The summed E-state index contributed by atoms with van der Waals surface area (Å²) in [6, 6.07) is 5.98. The summed E-state index contributed by atoms with van der Waals surface area (Å²) in [4.78, 5) is 18.6. The van der Waals surface area contributed by atoms with E-state index in [1.807, 2.05) is 0 Å². The van der Waals surface area contributed by atoms with Gasteiger partial charge in [0.05, 0.1) is 0 Å². The van der Waals surface area contributed by atoms with Crippen LogP contribution in [-0.4, -0.2) is 21.1 Å². The average Bonchev–Trinajstić information content (AvgIpc) is 3.03. The number of fused-ring (bicyclic) bond motifs is 1. The third-order valence-electron chi connectivity index (χ3n) is 2.73. The first-order valence-corrected chi connectivity index (χ1v) is 5.87. The van der Waals surface area contributed by atoms with Crippen LogP contribution in [0.25, 0.3) is 10.9 Å². The molecule has 0 aliphatic carbocycles. The van der Waals surface area contributed by atoms with Crippen molar-refractivity contribution in [2.75, 3.05) is 0 Å². The number of hydrogen-bond donors (Lipinski definition) is 1. The van der Waals surface area contributed by atoms with Gasteiger partial charge in [0.25, 0.3) is 0 Å². The Morgan fingerprint density at radius 2 is 2.35 bits per heavy atom. The van der Waals surface area contributed by atoms with Crippen LogP contribution in [0.15, 0.2) is 28.8 Å². The third kappa shape index (κ3) is 2.25. The Bertz CT molecular complexity index is 778. The Morgan fingerprint density at radius 1 is 1.50 bits per heavy atom. The lowest BCUT2D eigenvalue weighted by Crippen LogP contribution is -2.06. The Labute approximate surface area is 112 Å². The van der Waals surface area contributed by atoms with E-state index >= 15 is 0 Å². The van der Waals surface area contributed by atoms with Crippen LogP contribution in [0, 0.1) is 12.7 Å². The fourth-order valence-electron chi connectivity index (χ4n) is 1.84. The highest BCUT2D eigenvalue weighted by atomic mass is 19.1. The first-order chi connectivity index (χ1) is 9.63. The summed E-state index contributed by atoms with van der Waals surface area (Å²) in [5.74, 6) is -0.337. The minimum atomic E-state index is -0.608. The normalized spacial score (nSPS) is 10.9. The number of carbonyl (C=O) groups is 1. The zero-order chi connectivity index (χ0) is 14.1. The van der Waals surface area contributed by atoms with Gasteiger partial charge in [-0.25, -0.2) is 9.18 Å². The number of aryl methyl sites for hydroxylation is 1. The van der Waals surface area contributed by atoms with Gasteiger partial charge in [-0.1, -0.05) is 11.2 Å². The van der Waals surface area contributed by atoms with Crippen molar-refractivity contribution >= 4 is 16.9 Å². The van der Waals surface area contributed by atoms with Crippen LogP contribution < -0.4 is 0 Å². The van der Waals surface area contributed by atoms with Crippen molar-refractivity contribution in [3.8, 4) is 0 Å². The zero-order valence-corrected chi connectivity index (χ0v) is 10.5. The van der Waals surface area contributed by atoms with Crippen LogP contribution in [0.2, 0.25) is 0 Å². The average molecular weight is 275 g/mol. The summed E-state index contributed by atoms with van der Waals surface area (Å²) in [5, 5.41) is 3.95. The van der Waals surface area contributed by atoms with E-state index in [0.717, 1.165) is 0 Å².